The number of piperazine rings is 1. The Morgan fingerprint density at radius 1 is 1.06 bits per heavy atom. The van der Waals surface area contributed by atoms with Gasteiger partial charge in [0.15, 0.2) is 5.96 Å². The molecule has 174 valence electrons. The lowest BCUT2D eigenvalue weighted by Gasteiger charge is -2.37. The van der Waals surface area contributed by atoms with Crippen molar-refractivity contribution in [1.82, 2.24) is 15.5 Å². The van der Waals surface area contributed by atoms with Gasteiger partial charge in [0.1, 0.15) is 5.75 Å². The third kappa shape index (κ3) is 7.01. The number of amides is 1. The number of carbonyl (C=O) groups is 1. The van der Waals surface area contributed by atoms with Gasteiger partial charge in [-0.3, -0.25) is 9.79 Å². The van der Waals surface area contributed by atoms with Crippen LogP contribution in [0, 0.1) is 0 Å². The summed E-state index contributed by atoms with van der Waals surface area (Å²) in [6.07, 6.45) is 0.925. The van der Waals surface area contributed by atoms with Crippen molar-refractivity contribution in [3.8, 4) is 5.75 Å². The van der Waals surface area contributed by atoms with E-state index in [0.29, 0.717) is 18.7 Å². The van der Waals surface area contributed by atoms with Gasteiger partial charge in [-0.05, 0) is 36.2 Å². The molecule has 0 unspecified atom stereocenters. The molecule has 1 fully saturated rings. The van der Waals surface area contributed by atoms with Crippen molar-refractivity contribution >= 4 is 41.5 Å². The average Bonchev–Trinajstić information content (AvgIpc) is 2.83. The van der Waals surface area contributed by atoms with E-state index in [9.17, 15) is 4.79 Å². The van der Waals surface area contributed by atoms with E-state index in [1.165, 1.54) is 5.69 Å². The van der Waals surface area contributed by atoms with Gasteiger partial charge in [0, 0.05) is 63.6 Å². The number of ether oxygens (including phenoxy) is 1. The van der Waals surface area contributed by atoms with Crippen LogP contribution in [-0.2, 0) is 6.54 Å². The van der Waals surface area contributed by atoms with Gasteiger partial charge < -0.3 is 25.2 Å². The third-order valence-corrected chi connectivity index (χ3v) is 5.38. The molecular formula is C24H34IN5O2. The normalized spacial score (nSPS) is 13.9. The van der Waals surface area contributed by atoms with Crippen molar-refractivity contribution in [1.29, 1.82) is 0 Å². The van der Waals surface area contributed by atoms with Crippen LogP contribution in [0.15, 0.2) is 53.5 Å². The molecule has 1 heterocycles. The first kappa shape index (κ1) is 25.8. The van der Waals surface area contributed by atoms with Crippen LogP contribution in [0.25, 0.3) is 0 Å². The quantitative estimate of drug-likeness (QED) is 0.314. The Bertz CT molecular complexity index is 897. The molecule has 2 aromatic rings. The van der Waals surface area contributed by atoms with Crippen molar-refractivity contribution in [3.63, 3.8) is 0 Å². The molecule has 7 nitrogen and oxygen atoms in total. The number of hydrogen-bond donors (Lipinski definition) is 2. The zero-order valence-corrected chi connectivity index (χ0v) is 21.5. The number of halogens is 1. The number of benzene rings is 2. The Morgan fingerprint density at radius 2 is 1.81 bits per heavy atom. The Balaban J connectivity index is 0.00000363. The van der Waals surface area contributed by atoms with E-state index in [4.69, 9.17) is 4.74 Å². The fourth-order valence-electron chi connectivity index (χ4n) is 3.66. The topological polar surface area (TPSA) is 69.2 Å². The summed E-state index contributed by atoms with van der Waals surface area (Å²) in [6.45, 7) is 6.96. The predicted molar refractivity (Wildman–Crippen MR) is 141 cm³/mol. The molecule has 32 heavy (non-hydrogen) atoms. The van der Waals surface area contributed by atoms with E-state index >= 15 is 0 Å². The second-order valence-electron chi connectivity index (χ2n) is 7.53. The molecule has 0 radical (unpaired) electrons. The highest BCUT2D eigenvalue weighted by molar-refractivity contribution is 14.0. The van der Waals surface area contributed by atoms with E-state index in [-0.39, 0.29) is 29.9 Å². The summed E-state index contributed by atoms with van der Waals surface area (Å²) in [6, 6.07) is 15.9. The van der Waals surface area contributed by atoms with E-state index in [2.05, 4.69) is 37.6 Å². The fraction of sp³-hybridized carbons (Fsp3) is 0.417. The van der Waals surface area contributed by atoms with Crippen LogP contribution in [0.4, 0.5) is 5.69 Å². The van der Waals surface area contributed by atoms with Crippen LogP contribution in [0.2, 0.25) is 0 Å². The number of anilines is 1. The first-order chi connectivity index (χ1) is 15.1. The molecule has 0 atom stereocenters. The zero-order chi connectivity index (χ0) is 22.1. The average molecular weight is 551 g/mol. The van der Waals surface area contributed by atoms with E-state index in [1.54, 1.807) is 7.11 Å². The van der Waals surface area contributed by atoms with Gasteiger partial charge in [0.05, 0.1) is 7.11 Å². The second kappa shape index (κ2) is 13.1. The van der Waals surface area contributed by atoms with Crippen molar-refractivity contribution in [2.75, 3.05) is 51.8 Å². The van der Waals surface area contributed by atoms with Gasteiger partial charge in [-0.25, -0.2) is 0 Å². The van der Waals surface area contributed by atoms with Crippen LogP contribution < -0.4 is 20.3 Å². The van der Waals surface area contributed by atoms with Crippen molar-refractivity contribution in [2.45, 2.75) is 19.9 Å². The summed E-state index contributed by atoms with van der Waals surface area (Å²) in [7, 11) is 3.51. The molecule has 2 N–H and O–H groups in total. The number of guanidine groups is 1. The largest absolute Gasteiger partial charge is 0.497 e. The fourth-order valence-corrected chi connectivity index (χ4v) is 3.66. The highest BCUT2D eigenvalue weighted by atomic mass is 127. The van der Waals surface area contributed by atoms with Crippen molar-refractivity contribution in [2.24, 2.45) is 4.99 Å². The molecule has 3 rings (SSSR count). The van der Waals surface area contributed by atoms with Crippen LogP contribution >= 0.6 is 24.0 Å². The maximum Gasteiger partial charge on any atom is 0.251 e. The molecule has 1 amide bonds. The monoisotopic (exact) mass is 551 g/mol. The maximum absolute atomic E-state index is 12.2. The molecule has 0 spiro atoms. The number of hydrogen-bond acceptors (Lipinski definition) is 4. The number of methoxy groups -OCH3 is 1. The van der Waals surface area contributed by atoms with Gasteiger partial charge in [-0.1, -0.05) is 25.1 Å². The minimum absolute atomic E-state index is 0. The lowest BCUT2D eigenvalue weighted by Crippen LogP contribution is -2.52. The standard InChI is InChI=1S/C24H33N5O2.HI/c1-4-11-26-23(30)20-8-5-7-19(16-20)18-27-24(25-2)29-14-12-28(13-15-29)21-9-6-10-22(17-21)31-3;/h5-10,16-17H,4,11-15,18H2,1-3H3,(H,25,27)(H,26,30);1H. The highest BCUT2D eigenvalue weighted by Gasteiger charge is 2.20. The Kier molecular flexibility index (Phi) is 10.6. The summed E-state index contributed by atoms with van der Waals surface area (Å²) >= 11 is 0. The molecule has 1 aliphatic heterocycles. The maximum atomic E-state index is 12.2. The molecule has 0 aromatic heterocycles. The van der Waals surface area contributed by atoms with E-state index in [1.807, 2.05) is 50.4 Å². The number of carbonyl (C=O) groups excluding carboxylic acids is 1. The Hall–Kier alpha value is -2.49. The lowest BCUT2D eigenvalue weighted by molar-refractivity contribution is 0.0953. The van der Waals surface area contributed by atoms with Gasteiger partial charge >= 0.3 is 0 Å². The predicted octanol–water partition coefficient (Wildman–Crippen LogP) is 3.35. The van der Waals surface area contributed by atoms with Crippen LogP contribution in [0.1, 0.15) is 29.3 Å². The minimum atomic E-state index is -0.0262. The van der Waals surface area contributed by atoms with Crippen molar-refractivity contribution < 1.29 is 9.53 Å². The summed E-state index contributed by atoms with van der Waals surface area (Å²) in [4.78, 5) is 21.3. The number of nitrogens with zero attached hydrogens (tertiary/aromatic N) is 3. The van der Waals surface area contributed by atoms with Crippen molar-refractivity contribution in [3.05, 3.63) is 59.7 Å². The zero-order valence-electron chi connectivity index (χ0n) is 19.1. The molecule has 0 aliphatic carbocycles. The van der Waals surface area contributed by atoms with Crippen LogP contribution in [0.5, 0.6) is 5.75 Å². The number of nitrogens with one attached hydrogen (secondary N) is 2. The van der Waals surface area contributed by atoms with Gasteiger partial charge in [0.2, 0.25) is 0 Å². The van der Waals surface area contributed by atoms with E-state index in [0.717, 1.165) is 49.9 Å². The van der Waals surface area contributed by atoms with Crippen LogP contribution in [0.3, 0.4) is 0 Å². The smallest absolute Gasteiger partial charge is 0.251 e. The first-order valence-corrected chi connectivity index (χ1v) is 10.9. The van der Waals surface area contributed by atoms with Gasteiger partial charge in [-0.15, -0.1) is 24.0 Å². The van der Waals surface area contributed by atoms with Gasteiger partial charge in [0.25, 0.3) is 5.91 Å². The molecule has 1 aliphatic rings. The summed E-state index contributed by atoms with van der Waals surface area (Å²) in [5.41, 5.74) is 2.93. The first-order valence-electron chi connectivity index (χ1n) is 10.9. The Labute approximate surface area is 208 Å². The summed E-state index contributed by atoms with van der Waals surface area (Å²) in [5.74, 6) is 1.73. The molecular weight excluding hydrogens is 517 g/mol. The number of rotatable bonds is 7. The SMILES string of the molecule is CCCNC(=O)c1cccc(CNC(=NC)N2CCN(c3cccc(OC)c3)CC2)c1.I. The minimum Gasteiger partial charge on any atom is -0.497 e. The molecule has 2 aromatic carbocycles. The number of aliphatic imine (C=N–C) groups is 1. The molecule has 0 bridgehead atoms. The summed E-state index contributed by atoms with van der Waals surface area (Å²) in [5, 5.41) is 6.37. The van der Waals surface area contributed by atoms with Gasteiger partial charge in [-0.2, -0.15) is 0 Å². The second-order valence-corrected chi connectivity index (χ2v) is 7.53. The van der Waals surface area contributed by atoms with Crippen LogP contribution in [-0.4, -0.2) is 63.6 Å². The third-order valence-electron chi connectivity index (χ3n) is 5.38. The Morgan fingerprint density at radius 3 is 2.50 bits per heavy atom. The van der Waals surface area contributed by atoms with E-state index < -0.39 is 0 Å². The lowest BCUT2D eigenvalue weighted by atomic mass is 10.1. The summed E-state index contributed by atoms with van der Waals surface area (Å²) < 4.78 is 5.35. The molecule has 8 heteroatoms. The molecule has 1 saturated heterocycles. The highest BCUT2D eigenvalue weighted by Crippen LogP contribution is 2.22. The molecule has 0 saturated carbocycles.